The number of hydrogen-bond donors (Lipinski definition) is 1. The zero-order valence-electron chi connectivity index (χ0n) is 8.90. The second kappa shape index (κ2) is 4.22. The Morgan fingerprint density at radius 2 is 2.19 bits per heavy atom. The fourth-order valence-electron chi connectivity index (χ4n) is 1.69. The van der Waals surface area contributed by atoms with Gasteiger partial charge < -0.3 is 10.1 Å². The molecule has 1 aliphatic heterocycles. The third-order valence-corrected chi connectivity index (χ3v) is 2.46. The highest BCUT2D eigenvalue weighted by Crippen LogP contribution is 2.22. The Morgan fingerprint density at radius 3 is 2.81 bits per heavy atom. The lowest BCUT2D eigenvalue weighted by molar-refractivity contribution is 0.0601. The van der Waals surface area contributed by atoms with Crippen molar-refractivity contribution in [3.05, 3.63) is 29.8 Å². The van der Waals surface area contributed by atoms with E-state index < -0.39 is 5.97 Å². The molecular formula is C11H12N2O3. The maximum atomic E-state index is 11.5. The largest absolute Gasteiger partial charge is 0.465 e. The van der Waals surface area contributed by atoms with Crippen molar-refractivity contribution in [3.8, 4) is 0 Å². The zero-order chi connectivity index (χ0) is 11.5. The number of benzene rings is 1. The Hall–Kier alpha value is -2.04. The molecule has 0 unspecified atom stereocenters. The molecule has 1 aromatic carbocycles. The van der Waals surface area contributed by atoms with E-state index in [-0.39, 0.29) is 6.03 Å². The van der Waals surface area contributed by atoms with Gasteiger partial charge in [0.05, 0.1) is 18.4 Å². The van der Waals surface area contributed by atoms with Gasteiger partial charge in [-0.25, -0.2) is 9.59 Å². The number of carbonyl (C=O) groups excluding carboxylic acids is 2. The standard InChI is InChI=1S/C11H12N2O3/c1-16-10(14)8-4-2-3-5-9(8)13-7-6-12-11(13)15/h2-5H,6-7H2,1H3,(H,12,15). The summed E-state index contributed by atoms with van der Waals surface area (Å²) in [6.45, 7) is 1.15. The van der Waals surface area contributed by atoms with E-state index in [4.69, 9.17) is 0 Å². The molecule has 0 radical (unpaired) electrons. The summed E-state index contributed by atoms with van der Waals surface area (Å²) in [6, 6.07) is 6.72. The lowest BCUT2D eigenvalue weighted by atomic mass is 10.1. The Morgan fingerprint density at radius 1 is 1.44 bits per heavy atom. The molecule has 1 saturated heterocycles. The van der Waals surface area contributed by atoms with E-state index in [1.165, 1.54) is 12.0 Å². The van der Waals surface area contributed by atoms with Crippen molar-refractivity contribution < 1.29 is 14.3 Å². The van der Waals surface area contributed by atoms with Crippen molar-refractivity contribution in [2.75, 3.05) is 25.1 Å². The number of para-hydroxylation sites is 1. The fourth-order valence-corrected chi connectivity index (χ4v) is 1.69. The number of esters is 1. The summed E-state index contributed by atoms with van der Waals surface area (Å²) in [5, 5.41) is 2.69. The highest BCUT2D eigenvalue weighted by molar-refractivity contribution is 6.02. The van der Waals surface area contributed by atoms with Crippen molar-refractivity contribution in [3.63, 3.8) is 0 Å². The molecule has 0 spiro atoms. The van der Waals surface area contributed by atoms with Gasteiger partial charge in [-0.1, -0.05) is 12.1 Å². The van der Waals surface area contributed by atoms with Crippen LogP contribution in [0.3, 0.4) is 0 Å². The maximum absolute atomic E-state index is 11.5. The molecule has 5 heteroatoms. The summed E-state index contributed by atoms with van der Waals surface area (Å²) < 4.78 is 4.67. The van der Waals surface area contributed by atoms with Crippen LogP contribution in [0.4, 0.5) is 10.5 Å². The molecule has 0 aromatic heterocycles. The number of ether oxygens (including phenoxy) is 1. The van der Waals surface area contributed by atoms with Gasteiger partial charge in [0, 0.05) is 13.1 Å². The molecule has 2 amide bonds. The van der Waals surface area contributed by atoms with Crippen molar-refractivity contribution in [1.82, 2.24) is 5.32 Å². The number of hydrogen-bond acceptors (Lipinski definition) is 3. The van der Waals surface area contributed by atoms with E-state index in [0.29, 0.717) is 24.3 Å². The predicted molar refractivity (Wildman–Crippen MR) is 58.5 cm³/mol. The molecular weight excluding hydrogens is 208 g/mol. The number of carbonyl (C=O) groups is 2. The second-order valence-electron chi connectivity index (χ2n) is 3.39. The van der Waals surface area contributed by atoms with Gasteiger partial charge in [0.15, 0.2) is 0 Å². The SMILES string of the molecule is COC(=O)c1ccccc1N1CCNC1=O. The molecule has 0 saturated carbocycles. The van der Waals surface area contributed by atoms with E-state index in [9.17, 15) is 9.59 Å². The van der Waals surface area contributed by atoms with E-state index in [0.717, 1.165) is 0 Å². The van der Waals surface area contributed by atoms with Crippen molar-refractivity contribution in [2.45, 2.75) is 0 Å². The quantitative estimate of drug-likeness (QED) is 0.756. The van der Waals surface area contributed by atoms with E-state index in [2.05, 4.69) is 10.1 Å². The van der Waals surface area contributed by atoms with Crippen molar-refractivity contribution in [1.29, 1.82) is 0 Å². The van der Waals surface area contributed by atoms with E-state index in [1.807, 2.05) is 0 Å². The minimum absolute atomic E-state index is 0.184. The van der Waals surface area contributed by atoms with Crippen LogP contribution in [0.15, 0.2) is 24.3 Å². The van der Waals surface area contributed by atoms with Gasteiger partial charge in [0.1, 0.15) is 0 Å². The minimum atomic E-state index is -0.435. The first-order valence-electron chi connectivity index (χ1n) is 4.96. The number of urea groups is 1. The maximum Gasteiger partial charge on any atom is 0.339 e. The molecule has 1 N–H and O–H groups in total. The molecule has 5 nitrogen and oxygen atoms in total. The van der Waals surface area contributed by atoms with Gasteiger partial charge in [0.25, 0.3) is 0 Å². The first kappa shape index (κ1) is 10.5. The first-order valence-corrected chi connectivity index (χ1v) is 4.96. The Bertz CT molecular complexity index is 431. The zero-order valence-corrected chi connectivity index (χ0v) is 8.90. The average Bonchev–Trinajstić information content (AvgIpc) is 2.74. The molecule has 1 aliphatic rings. The van der Waals surface area contributed by atoms with Gasteiger partial charge in [-0.2, -0.15) is 0 Å². The van der Waals surface area contributed by atoms with Gasteiger partial charge in [0.2, 0.25) is 0 Å². The van der Waals surface area contributed by atoms with Crippen LogP contribution in [0.2, 0.25) is 0 Å². The molecule has 0 bridgehead atoms. The molecule has 2 rings (SSSR count). The van der Waals surface area contributed by atoms with Gasteiger partial charge in [-0.05, 0) is 12.1 Å². The Kier molecular flexibility index (Phi) is 2.76. The average molecular weight is 220 g/mol. The number of anilines is 1. The first-order chi connectivity index (χ1) is 7.74. The molecule has 0 aliphatic carbocycles. The van der Waals surface area contributed by atoms with Gasteiger partial charge in [-0.15, -0.1) is 0 Å². The highest BCUT2D eigenvalue weighted by Gasteiger charge is 2.25. The molecule has 0 atom stereocenters. The van der Waals surface area contributed by atoms with Gasteiger partial charge in [-0.3, -0.25) is 4.90 Å². The summed E-state index contributed by atoms with van der Waals surface area (Å²) in [7, 11) is 1.32. The van der Waals surface area contributed by atoms with Crippen LogP contribution in [0, 0.1) is 0 Å². The van der Waals surface area contributed by atoms with Crippen LogP contribution in [-0.2, 0) is 4.74 Å². The topological polar surface area (TPSA) is 58.6 Å². The van der Waals surface area contributed by atoms with Crippen LogP contribution in [0.5, 0.6) is 0 Å². The third-order valence-electron chi connectivity index (χ3n) is 2.46. The lowest BCUT2D eigenvalue weighted by Gasteiger charge is -2.16. The van der Waals surface area contributed by atoms with Gasteiger partial charge >= 0.3 is 12.0 Å². The van der Waals surface area contributed by atoms with Crippen LogP contribution in [-0.4, -0.2) is 32.2 Å². The number of methoxy groups -OCH3 is 1. The fraction of sp³-hybridized carbons (Fsp3) is 0.273. The smallest absolute Gasteiger partial charge is 0.339 e. The molecule has 1 heterocycles. The third kappa shape index (κ3) is 1.71. The van der Waals surface area contributed by atoms with E-state index in [1.54, 1.807) is 24.3 Å². The second-order valence-corrected chi connectivity index (χ2v) is 3.39. The van der Waals surface area contributed by atoms with Crippen LogP contribution in [0.1, 0.15) is 10.4 Å². The number of nitrogens with zero attached hydrogens (tertiary/aromatic N) is 1. The summed E-state index contributed by atoms with van der Waals surface area (Å²) in [5.74, 6) is -0.435. The monoisotopic (exact) mass is 220 g/mol. The minimum Gasteiger partial charge on any atom is -0.465 e. The highest BCUT2D eigenvalue weighted by atomic mass is 16.5. The normalized spacial score (nSPS) is 14.8. The van der Waals surface area contributed by atoms with Crippen LogP contribution >= 0.6 is 0 Å². The Balaban J connectivity index is 2.40. The number of nitrogens with one attached hydrogen (secondary N) is 1. The summed E-state index contributed by atoms with van der Waals surface area (Å²) in [6.07, 6.45) is 0. The predicted octanol–water partition coefficient (Wildman–Crippen LogP) is 1.00. The van der Waals surface area contributed by atoms with Crippen molar-refractivity contribution in [2.24, 2.45) is 0 Å². The Labute approximate surface area is 93.0 Å². The molecule has 1 fully saturated rings. The van der Waals surface area contributed by atoms with Crippen LogP contribution < -0.4 is 10.2 Å². The van der Waals surface area contributed by atoms with Crippen molar-refractivity contribution >= 4 is 17.7 Å². The molecule has 16 heavy (non-hydrogen) atoms. The van der Waals surface area contributed by atoms with E-state index >= 15 is 0 Å². The number of amides is 2. The summed E-state index contributed by atoms with van der Waals surface area (Å²) in [5.41, 5.74) is 0.992. The lowest BCUT2D eigenvalue weighted by Crippen LogP contribution is -2.29. The molecule has 1 aromatic rings. The number of rotatable bonds is 2. The summed E-state index contributed by atoms with van der Waals surface area (Å²) >= 11 is 0. The molecule has 84 valence electrons. The van der Waals surface area contributed by atoms with Crippen LogP contribution in [0.25, 0.3) is 0 Å². The summed E-state index contributed by atoms with van der Waals surface area (Å²) in [4.78, 5) is 24.6.